The van der Waals surface area contributed by atoms with Gasteiger partial charge in [-0.25, -0.2) is 0 Å². The third kappa shape index (κ3) is 26.9. The van der Waals surface area contributed by atoms with Gasteiger partial charge in [0.2, 0.25) is 0 Å². The molecule has 0 spiro atoms. The SMILES string of the molecule is CN(CCN(CCN)CCN)CCN(CCNCCN)CCN(CCN(C)CCN)CC[N+](C)(CCCCCN)CCN(C)CCN. The van der Waals surface area contributed by atoms with E-state index in [1.807, 2.05) is 0 Å². The second-order valence-corrected chi connectivity index (χ2v) is 13.8. The first-order valence-electron chi connectivity index (χ1n) is 18.6. The third-order valence-corrected chi connectivity index (χ3v) is 9.34. The van der Waals surface area contributed by atoms with Gasteiger partial charge in [-0.1, -0.05) is 0 Å². The van der Waals surface area contributed by atoms with Gasteiger partial charge >= 0.3 is 0 Å². The summed E-state index contributed by atoms with van der Waals surface area (Å²) in [6.07, 6.45) is 3.54. The van der Waals surface area contributed by atoms with Crippen LogP contribution in [0, 0.1) is 0 Å². The second-order valence-electron chi connectivity index (χ2n) is 13.8. The predicted molar refractivity (Wildman–Crippen MR) is 204 cm³/mol. The highest BCUT2D eigenvalue weighted by atomic mass is 15.4. The molecule has 1 atom stereocenters. The Labute approximate surface area is 291 Å². The van der Waals surface area contributed by atoms with Gasteiger partial charge in [-0.15, -0.1) is 0 Å². The van der Waals surface area contributed by atoms with Crippen LogP contribution in [-0.4, -0.2) is 232 Å². The topological polar surface area (TPSA) is 188 Å². The van der Waals surface area contributed by atoms with Crippen LogP contribution in [0.5, 0.6) is 0 Å². The fourth-order valence-corrected chi connectivity index (χ4v) is 5.78. The minimum atomic E-state index is 0.667. The van der Waals surface area contributed by atoms with E-state index in [2.05, 4.69) is 62.9 Å². The molecule has 0 heterocycles. The molecular weight excluding hydrogens is 592 g/mol. The summed E-state index contributed by atoms with van der Waals surface area (Å²) < 4.78 is 1.08. The second kappa shape index (κ2) is 31.4. The van der Waals surface area contributed by atoms with Crippen LogP contribution in [0.15, 0.2) is 0 Å². The van der Waals surface area contributed by atoms with Gasteiger partial charge in [0, 0.05) is 144 Å². The van der Waals surface area contributed by atoms with Gasteiger partial charge in [0.25, 0.3) is 0 Å². The van der Waals surface area contributed by atoms with Gasteiger partial charge in [-0.2, -0.15) is 0 Å². The van der Waals surface area contributed by atoms with Gasteiger partial charge in [-0.05, 0) is 47.0 Å². The summed E-state index contributed by atoms with van der Waals surface area (Å²) in [7, 11) is 9.05. The van der Waals surface area contributed by atoms with Crippen molar-refractivity contribution in [1.82, 2.24) is 34.7 Å². The minimum Gasteiger partial charge on any atom is -0.330 e. The molecular formula is C33H83N14+. The number of nitrogens with one attached hydrogen (secondary N) is 1. The lowest BCUT2D eigenvalue weighted by Crippen LogP contribution is -2.53. The Hall–Kier alpha value is -0.560. The van der Waals surface area contributed by atoms with Crippen LogP contribution < -0.4 is 39.7 Å². The van der Waals surface area contributed by atoms with E-state index in [9.17, 15) is 0 Å². The number of hydrogen-bond donors (Lipinski definition) is 7. The van der Waals surface area contributed by atoms with Crippen LogP contribution in [0.25, 0.3) is 0 Å². The predicted octanol–water partition coefficient (Wildman–Crippen LogP) is -3.35. The highest BCUT2D eigenvalue weighted by Gasteiger charge is 2.23. The molecule has 0 aromatic carbocycles. The Morgan fingerprint density at radius 3 is 1.34 bits per heavy atom. The highest BCUT2D eigenvalue weighted by Crippen LogP contribution is 2.09. The van der Waals surface area contributed by atoms with Crippen LogP contribution in [0.3, 0.4) is 0 Å². The Bertz CT molecular complexity index is 657. The first kappa shape index (κ1) is 46.4. The molecule has 284 valence electrons. The third-order valence-electron chi connectivity index (χ3n) is 9.34. The average molecular weight is 676 g/mol. The largest absolute Gasteiger partial charge is 0.330 e. The summed E-state index contributed by atoms with van der Waals surface area (Å²) in [6, 6.07) is 0. The lowest BCUT2D eigenvalue weighted by molar-refractivity contribution is -0.908. The highest BCUT2D eigenvalue weighted by molar-refractivity contribution is 4.70. The van der Waals surface area contributed by atoms with Gasteiger partial charge in [-0.3, -0.25) is 19.6 Å². The van der Waals surface area contributed by atoms with Crippen molar-refractivity contribution < 1.29 is 4.48 Å². The van der Waals surface area contributed by atoms with E-state index < -0.39 is 0 Å². The molecule has 0 bridgehead atoms. The molecule has 0 aliphatic rings. The molecule has 0 radical (unpaired) electrons. The fraction of sp³-hybridized carbons (Fsp3) is 1.00. The molecule has 14 heteroatoms. The molecule has 14 nitrogen and oxygen atoms in total. The molecule has 47 heavy (non-hydrogen) atoms. The number of quaternary nitrogens is 1. The van der Waals surface area contributed by atoms with E-state index in [0.717, 1.165) is 142 Å². The van der Waals surface area contributed by atoms with Crippen molar-refractivity contribution in [3.63, 3.8) is 0 Å². The molecule has 0 aromatic rings. The summed E-state index contributed by atoms with van der Waals surface area (Å²) >= 11 is 0. The summed E-state index contributed by atoms with van der Waals surface area (Å²) in [5.41, 5.74) is 34.9. The Kier molecular flexibility index (Phi) is 31.0. The lowest BCUT2D eigenvalue weighted by atomic mass is 10.2. The lowest BCUT2D eigenvalue weighted by Gasteiger charge is -2.38. The van der Waals surface area contributed by atoms with E-state index in [1.165, 1.54) is 19.4 Å². The van der Waals surface area contributed by atoms with Crippen molar-refractivity contribution in [3.05, 3.63) is 0 Å². The van der Waals surface area contributed by atoms with E-state index in [1.54, 1.807) is 0 Å². The maximum absolute atomic E-state index is 5.88. The maximum Gasteiger partial charge on any atom is 0.0914 e. The molecule has 0 saturated carbocycles. The summed E-state index contributed by atoms with van der Waals surface area (Å²) in [6.45, 7) is 24.6. The van der Waals surface area contributed by atoms with Gasteiger partial charge < -0.3 is 54.0 Å². The smallest absolute Gasteiger partial charge is 0.0914 e. The molecule has 1 unspecified atom stereocenters. The van der Waals surface area contributed by atoms with Crippen LogP contribution >= 0.6 is 0 Å². The van der Waals surface area contributed by atoms with E-state index in [4.69, 9.17) is 34.4 Å². The van der Waals surface area contributed by atoms with Gasteiger partial charge in [0.05, 0.1) is 26.7 Å². The first-order valence-corrected chi connectivity index (χ1v) is 18.6. The summed E-state index contributed by atoms with van der Waals surface area (Å²) in [5, 5.41) is 3.50. The van der Waals surface area contributed by atoms with E-state index in [0.29, 0.717) is 32.7 Å². The monoisotopic (exact) mass is 676 g/mol. The van der Waals surface area contributed by atoms with Crippen molar-refractivity contribution in [2.24, 2.45) is 34.4 Å². The molecule has 0 aliphatic heterocycles. The maximum atomic E-state index is 5.88. The number of nitrogens with two attached hydrogens (primary N) is 6. The minimum absolute atomic E-state index is 0.667. The molecule has 0 aliphatic carbocycles. The first-order chi connectivity index (χ1) is 22.7. The molecule has 0 amide bonds. The Morgan fingerprint density at radius 2 is 0.830 bits per heavy atom. The van der Waals surface area contributed by atoms with Crippen LogP contribution in [0.2, 0.25) is 0 Å². The number of nitrogens with zero attached hydrogens (tertiary/aromatic N) is 7. The average Bonchev–Trinajstić information content (AvgIpc) is 3.05. The Morgan fingerprint density at radius 1 is 0.383 bits per heavy atom. The molecule has 0 fully saturated rings. The normalized spacial score (nSPS) is 13.8. The fourth-order valence-electron chi connectivity index (χ4n) is 5.78. The van der Waals surface area contributed by atoms with Crippen LogP contribution in [-0.2, 0) is 0 Å². The number of rotatable bonds is 36. The number of likely N-dealkylation sites (N-methyl/N-ethyl adjacent to an activating group) is 4. The number of unbranched alkanes of at least 4 members (excludes halogenated alkanes) is 2. The van der Waals surface area contributed by atoms with E-state index >= 15 is 0 Å². The molecule has 0 aromatic heterocycles. The number of hydrogen-bond acceptors (Lipinski definition) is 13. The van der Waals surface area contributed by atoms with E-state index in [-0.39, 0.29) is 0 Å². The van der Waals surface area contributed by atoms with Crippen molar-refractivity contribution in [3.8, 4) is 0 Å². The van der Waals surface area contributed by atoms with Crippen LogP contribution in [0.4, 0.5) is 0 Å². The zero-order valence-corrected chi connectivity index (χ0v) is 31.6. The quantitative estimate of drug-likeness (QED) is 0.0258. The van der Waals surface area contributed by atoms with Crippen molar-refractivity contribution in [2.75, 3.05) is 198 Å². The molecule has 13 N–H and O–H groups in total. The van der Waals surface area contributed by atoms with Crippen molar-refractivity contribution in [2.45, 2.75) is 19.3 Å². The van der Waals surface area contributed by atoms with Crippen molar-refractivity contribution in [1.29, 1.82) is 0 Å². The summed E-state index contributed by atoms with van der Waals surface area (Å²) in [5.74, 6) is 0. The van der Waals surface area contributed by atoms with Crippen LogP contribution in [0.1, 0.15) is 19.3 Å². The molecule has 0 saturated heterocycles. The van der Waals surface area contributed by atoms with Gasteiger partial charge in [0.1, 0.15) is 0 Å². The van der Waals surface area contributed by atoms with Crippen molar-refractivity contribution >= 4 is 0 Å². The standard InChI is InChI=1S/C33H83N14/c1-41(16-10-36)21-26-46(30-33-47(4,31-7-5-6-8-34)32-29-42(2)17-11-37)28-27-45(20-15-40-14-9-35)25-23-43(3)22-24-44(18-12-38)19-13-39/h40H,5-39H2,1-4H3/q+1. The Balaban J connectivity index is 5.47. The van der Waals surface area contributed by atoms with Gasteiger partial charge in [0.15, 0.2) is 0 Å². The molecule has 0 rings (SSSR count). The summed E-state index contributed by atoms with van der Waals surface area (Å²) in [4.78, 5) is 14.8. The zero-order valence-electron chi connectivity index (χ0n) is 31.6. The zero-order chi connectivity index (χ0) is 35.2.